The summed E-state index contributed by atoms with van der Waals surface area (Å²) in [5, 5.41) is 0. The lowest BCUT2D eigenvalue weighted by Crippen LogP contribution is -2.21. The van der Waals surface area contributed by atoms with Crippen LogP contribution >= 0.6 is 0 Å². The van der Waals surface area contributed by atoms with Crippen LogP contribution in [0.4, 0.5) is 4.39 Å². The number of nitrogens with two attached hydrogens (primary N) is 1. The molecule has 0 heterocycles. The third-order valence-corrected chi connectivity index (χ3v) is 3.84. The molecule has 0 unspecified atom stereocenters. The molecule has 0 atom stereocenters. The summed E-state index contributed by atoms with van der Waals surface area (Å²) in [5.74, 6) is 2.01. The lowest BCUT2D eigenvalue weighted by molar-refractivity contribution is 0.180. The molecule has 3 heteroatoms. The zero-order chi connectivity index (χ0) is 12.8. The molecular weight excluding hydrogens is 229 g/mol. The van der Waals surface area contributed by atoms with Crippen molar-refractivity contribution in [3.63, 3.8) is 0 Å². The molecule has 0 aliphatic heterocycles. The van der Waals surface area contributed by atoms with Crippen molar-refractivity contribution in [2.24, 2.45) is 17.6 Å². The molecule has 18 heavy (non-hydrogen) atoms. The first-order valence-corrected chi connectivity index (χ1v) is 6.86. The monoisotopic (exact) mass is 251 g/mol. The van der Waals surface area contributed by atoms with E-state index >= 15 is 0 Å². The van der Waals surface area contributed by atoms with E-state index in [1.54, 1.807) is 12.1 Å². The maximum Gasteiger partial charge on any atom is 0.123 e. The van der Waals surface area contributed by atoms with Gasteiger partial charge in [-0.05, 0) is 61.9 Å². The van der Waals surface area contributed by atoms with E-state index < -0.39 is 0 Å². The Morgan fingerprint density at radius 2 is 1.67 bits per heavy atom. The van der Waals surface area contributed by atoms with E-state index in [4.69, 9.17) is 10.5 Å². The van der Waals surface area contributed by atoms with Crippen molar-refractivity contribution >= 4 is 0 Å². The van der Waals surface area contributed by atoms with Crippen molar-refractivity contribution < 1.29 is 9.13 Å². The second-order valence-corrected chi connectivity index (χ2v) is 5.23. The van der Waals surface area contributed by atoms with Crippen LogP contribution in [0.25, 0.3) is 0 Å². The fraction of sp³-hybridized carbons (Fsp3) is 0.600. The van der Waals surface area contributed by atoms with Crippen LogP contribution in [0.3, 0.4) is 0 Å². The normalized spacial score (nSPS) is 23.9. The highest BCUT2D eigenvalue weighted by molar-refractivity contribution is 5.22. The zero-order valence-electron chi connectivity index (χ0n) is 10.8. The minimum absolute atomic E-state index is 0.218. The Bertz CT molecular complexity index is 344. The molecule has 1 aliphatic rings. The van der Waals surface area contributed by atoms with Crippen LogP contribution in [0, 0.1) is 17.7 Å². The summed E-state index contributed by atoms with van der Waals surface area (Å²) >= 11 is 0. The van der Waals surface area contributed by atoms with E-state index in [1.165, 1.54) is 37.8 Å². The summed E-state index contributed by atoms with van der Waals surface area (Å²) in [6, 6.07) is 6.26. The molecule has 0 saturated heterocycles. The van der Waals surface area contributed by atoms with Crippen molar-refractivity contribution in [3.05, 3.63) is 30.1 Å². The van der Waals surface area contributed by atoms with Gasteiger partial charge in [-0.2, -0.15) is 0 Å². The van der Waals surface area contributed by atoms with Crippen LogP contribution in [0.1, 0.15) is 32.1 Å². The fourth-order valence-corrected chi connectivity index (χ4v) is 2.67. The van der Waals surface area contributed by atoms with Gasteiger partial charge < -0.3 is 10.5 Å². The van der Waals surface area contributed by atoms with Gasteiger partial charge in [-0.1, -0.05) is 12.8 Å². The quantitative estimate of drug-likeness (QED) is 0.871. The standard InChI is InChI=1S/C15H22FNO/c16-14-5-7-15(8-6-14)18-11-13-3-1-12(2-4-13)9-10-17/h5-8,12-13H,1-4,9-11,17H2. The summed E-state index contributed by atoms with van der Waals surface area (Å²) < 4.78 is 18.4. The summed E-state index contributed by atoms with van der Waals surface area (Å²) in [6.45, 7) is 1.56. The van der Waals surface area contributed by atoms with Crippen LogP contribution in [-0.4, -0.2) is 13.2 Å². The SMILES string of the molecule is NCCC1CCC(COc2ccc(F)cc2)CC1. The van der Waals surface area contributed by atoms with Gasteiger partial charge in [0, 0.05) is 0 Å². The number of hydrogen-bond donors (Lipinski definition) is 1. The second-order valence-electron chi connectivity index (χ2n) is 5.23. The predicted molar refractivity (Wildman–Crippen MR) is 71.0 cm³/mol. The minimum atomic E-state index is -0.218. The van der Waals surface area contributed by atoms with Crippen LogP contribution in [0.5, 0.6) is 5.75 Å². The summed E-state index contributed by atoms with van der Waals surface area (Å²) in [6.07, 6.45) is 6.16. The molecule has 1 aromatic carbocycles. The molecule has 100 valence electrons. The first-order chi connectivity index (χ1) is 8.78. The largest absolute Gasteiger partial charge is 0.493 e. The van der Waals surface area contributed by atoms with Gasteiger partial charge in [-0.3, -0.25) is 0 Å². The molecule has 0 spiro atoms. The average Bonchev–Trinajstić information content (AvgIpc) is 2.40. The number of ether oxygens (including phenoxy) is 1. The molecule has 2 rings (SSSR count). The maximum absolute atomic E-state index is 12.7. The Morgan fingerprint density at radius 3 is 2.28 bits per heavy atom. The van der Waals surface area contributed by atoms with Gasteiger partial charge in [0.25, 0.3) is 0 Å². The van der Waals surface area contributed by atoms with E-state index in [9.17, 15) is 4.39 Å². The van der Waals surface area contributed by atoms with Gasteiger partial charge in [0.05, 0.1) is 6.61 Å². The van der Waals surface area contributed by atoms with E-state index in [2.05, 4.69) is 0 Å². The zero-order valence-corrected chi connectivity index (χ0v) is 10.8. The van der Waals surface area contributed by atoms with Crippen molar-refractivity contribution in [1.82, 2.24) is 0 Å². The molecule has 0 amide bonds. The van der Waals surface area contributed by atoms with Crippen LogP contribution in [-0.2, 0) is 0 Å². The van der Waals surface area contributed by atoms with Crippen molar-refractivity contribution in [3.8, 4) is 5.75 Å². The lowest BCUT2D eigenvalue weighted by Gasteiger charge is -2.28. The van der Waals surface area contributed by atoms with E-state index in [0.29, 0.717) is 5.92 Å². The highest BCUT2D eigenvalue weighted by atomic mass is 19.1. The highest BCUT2D eigenvalue weighted by Crippen LogP contribution is 2.30. The van der Waals surface area contributed by atoms with Gasteiger partial charge in [0.15, 0.2) is 0 Å². The Hall–Kier alpha value is -1.09. The van der Waals surface area contributed by atoms with Crippen LogP contribution in [0.2, 0.25) is 0 Å². The minimum Gasteiger partial charge on any atom is -0.493 e. The fourth-order valence-electron chi connectivity index (χ4n) is 2.67. The van der Waals surface area contributed by atoms with Crippen LogP contribution in [0.15, 0.2) is 24.3 Å². The molecule has 0 radical (unpaired) electrons. The molecule has 1 fully saturated rings. The highest BCUT2D eigenvalue weighted by Gasteiger charge is 2.20. The van der Waals surface area contributed by atoms with E-state index in [1.807, 2.05) is 0 Å². The number of benzene rings is 1. The first kappa shape index (κ1) is 13.3. The summed E-state index contributed by atoms with van der Waals surface area (Å²) in [7, 11) is 0. The molecule has 1 aliphatic carbocycles. The molecule has 1 aromatic rings. The molecule has 2 N–H and O–H groups in total. The summed E-state index contributed by atoms with van der Waals surface area (Å²) in [4.78, 5) is 0. The molecule has 0 aromatic heterocycles. The predicted octanol–water partition coefficient (Wildman–Crippen LogP) is 3.36. The topological polar surface area (TPSA) is 35.2 Å². The summed E-state index contributed by atoms with van der Waals surface area (Å²) in [5.41, 5.74) is 5.59. The van der Waals surface area contributed by atoms with Gasteiger partial charge >= 0.3 is 0 Å². The Kier molecular flexibility index (Phi) is 5.00. The number of hydrogen-bond acceptors (Lipinski definition) is 2. The molecular formula is C15H22FNO. The van der Waals surface area contributed by atoms with Gasteiger partial charge in [0.1, 0.15) is 11.6 Å². The van der Waals surface area contributed by atoms with Gasteiger partial charge in [0.2, 0.25) is 0 Å². The van der Waals surface area contributed by atoms with Crippen molar-refractivity contribution in [2.45, 2.75) is 32.1 Å². The average molecular weight is 251 g/mol. The number of rotatable bonds is 5. The third kappa shape index (κ3) is 3.98. The lowest BCUT2D eigenvalue weighted by atomic mass is 9.81. The van der Waals surface area contributed by atoms with E-state index in [0.717, 1.165) is 31.2 Å². The third-order valence-electron chi connectivity index (χ3n) is 3.84. The molecule has 0 bridgehead atoms. The second kappa shape index (κ2) is 6.74. The number of halogens is 1. The van der Waals surface area contributed by atoms with Crippen LogP contribution < -0.4 is 10.5 Å². The Balaban J connectivity index is 1.70. The smallest absolute Gasteiger partial charge is 0.123 e. The van der Waals surface area contributed by atoms with E-state index in [-0.39, 0.29) is 5.82 Å². The van der Waals surface area contributed by atoms with Crippen molar-refractivity contribution in [2.75, 3.05) is 13.2 Å². The van der Waals surface area contributed by atoms with Gasteiger partial charge in [-0.25, -0.2) is 4.39 Å². The Morgan fingerprint density at radius 1 is 1.06 bits per heavy atom. The molecule has 1 saturated carbocycles. The van der Waals surface area contributed by atoms with Crippen molar-refractivity contribution in [1.29, 1.82) is 0 Å². The maximum atomic E-state index is 12.7. The Labute approximate surface area is 108 Å². The molecule has 2 nitrogen and oxygen atoms in total. The van der Waals surface area contributed by atoms with Gasteiger partial charge in [-0.15, -0.1) is 0 Å². The first-order valence-electron chi connectivity index (χ1n) is 6.86.